The summed E-state index contributed by atoms with van der Waals surface area (Å²) in [6, 6.07) is 24.0. The van der Waals surface area contributed by atoms with Gasteiger partial charge in [0.2, 0.25) is 0 Å². The maximum Gasteiger partial charge on any atom is 0.341 e. The highest BCUT2D eigenvalue weighted by Crippen LogP contribution is 2.57. The van der Waals surface area contributed by atoms with E-state index in [1.807, 2.05) is 24.3 Å². The van der Waals surface area contributed by atoms with E-state index >= 15 is 0 Å². The topological polar surface area (TPSA) is 71.1 Å². The molecule has 0 bridgehead atoms. The van der Waals surface area contributed by atoms with Crippen molar-refractivity contribution >= 4 is 11.9 Å². The first kappa shape index (κ1) is 26.0. The lowest BCUT2D eigenvalue weighted by Crippen LogP contribution is -2.29. The summed E-state index contributed by atoms with van der Waals surface area (Å²) in [5.74, 6) is -0.170. The zero-order valence-corrected chi connectivity index (χ0v) is 22.9. The number of aryl methyl sites for hydroxylation is 2. The first-order valence-corrected chi connectivity index (χ1v) is 12.6. The van der Waals surface area contributed by atoms with E-state index < -0.39 is 17.4 Å². The molecule has 0 spiro atoms. The van der Waals surface area contributed by atoms with Crippen molar-refractivity contribution in [2.75, 3.05) is 28.4 Å². The Hall–Kier alpha value is -4.58. The second kappa shape index (κ2) is 9.95. The number of fused-ring (bicyclic) bond motifs is 3. The van der Waals surface area contributed by atoms with E-state index in [0.717, 1.165) is 44.5 Å². The zero-order valence-electron chi connectivity index (χ0n) is 22.9. The van der Waals surface area contributed by atoms with Crippen molar-refractivity contribution in [3.63, 3.8) is 0 Å². The van der Waals surface area contributed by atoms with Crippen LogP contribution in [0.2, 0.25) is 0 Å². The molecular formula is C33H30O6. The molecule has 0 unspecified atom stereocenters. The Morgan fingerprint density at radius 1 is 0.564 bits per heavy atom. The normalized spacial score (nSPS) is 12.8. The van der Waals surface area contributed by atoms with Crippen molar-refractivity contribution in [1.82, 2.24) is 0 Å². The van der Waals surface area contributed by atoms with Gasteiger partial charge in [0.1, 0.15) is 22.6 Å². The molecule has 0 fully saturated rings. The van der Waals surface area contributed by atoms with Crippen LogP contribution in [0.3, 0.4) is 0 Å². The summed E-state index contributed by atoms with van der Waals surface area (Å²) < 4.78 is 21.3. The zero-order chi connectivity index (χ0) is 27.9. The minimum atomic E-state index is -0.868. The SMILES string of the molecule is COC(=O)c1cc(C2(c3ccc(OC)c(C(=O)OC)c3)c3cc(C)ccc3-c3ccc(C)cc32)ccc1OC. The van der Waals surface area contributed by atoms with E-state index in [9.17, 15) is 9.59 Å². The third-order valence-corrected chi connectivity index (χ3v) is 7.52. The third kappa shape index (κ3) is 3.95. The van der Waals surface area contributed by atoms with Crippen LogP contribution in [0.25, 0.3) is 11.1 Å². The Balaban J connectivity index is 1.97. The minimum absolute atomic E-state index is 0.314. The van der Waals surface area contributed by atoms with Crippen LogP contribution < -0.4 is 9.47 Å². The first-order valence-electron chi connectivity index (χ1n) is 12.6. The molecule has 5 rings (SSSR count). The molecule has 0 saturated carbocycles. The maximum absolute atomic E-state index is 12.9. The highest BCUT2D eigenvalue weighted by Gasteiger charge is 2.47. The molecule has 0 heterocycles. The number of hydrogen-bond acceptors (Lipinski definition) is 6. The molecule has 0 atom stereocenters. The van der Waals surface area contributed by atoms with E-state index in [1.54, 1.807) is 12.1 Å². The maximum atomic E-state index is 12.9. The van der Waals surface area contributed by atoms with Gasteiger partial charge in [0.25, 0.3) is 0 Å². The number of benzene rings is 4. The van der Waals surface area contributed by atoms with Gasteiger partial charge in [-0.2, -0.15) is 0 Å². The van der Waals surface area contributed by atoms with Gasteiger partial charge in [0.15, 0.2) is 0 Å². The van der Waals surface area contributed by atoms with Crippen LogP contribution in [-0.4, -0.2) is 40.4 Å². The van der Waals surface area contributed by atoms with Gasteiger partial charge in [-0.05, 0) is 71.5 Å². The molecule has 4 aromatic rings. The number of carbonyl (C=O) groups is 2. The average molecular weight is 523 g/mol. The van der Waals surface area contributed by atoms with Gasteiger partial charge in [-0.1, -0.05) is 59.7 Å². The van der Waals surface area contributed by atoms with Crippen LogP contribution in [-0.2, 0) is 14.9 Å². The molecule has 0 aromatic heterocycles. The average Bonchev–Trinajstić information content (AvgIpc) is 3.24. The molecule has 4 aromatic carbocycles. The van der Waals surface area contributed by atoms with Crippen LogP contribution in [0.5, 0.6) is 11.5 Å². The number of methoxy groups -OCH3 is 4. The number of rotatable bonds is 6. The van der Waals surface area contributed by atoms with Crippen molar-refractivity contribution in [3.05, 3.63) is 117 Å². The monoisotopic (exact) mass is 522 g/mol. The fourth-order valence-electron chi connectivity index (χ4n) is 5.76. The lowest BCUT2D eigenvalue weighted by Gasteiger charge is -2.35. The molecule has 6 nitrogen and oxygen atoms in total. The standard InChI is InChI=1S/C33H30O6/c1-19-7-11-23-24-12-8-20(2)16-28(24)33(27(23)15-19,21-9-13-29(36-3)25(17-21)31(34)38-5)22-10-14-30(37-4)26(18-22)32(35)39-6/h7-18H,1-6H3. The predicted octanol–water partition coefficient (Wildman–Crippen LogP) is 6.26. The lowest BCUT2D eigenvalue weighted by molar-refractivity contribution is 0.0588. The van der Waals surface area contributed by atoms with Crippen molar-refractivity contribution < 1.29 is 28.5 Å². The molecule has 6 heteroatoms. The summed E-state index contributed by atoms with van der Waals surface area (Å²) in [4.78, 5) is 25.8. The smallest absolute Gasteiger partial charge is 0.341 e. The fourth-order valence-corrected chi connectivity index (χ4v) is 5.76. The summed E-state index contributed by atoms with van der Waals surface area (Å²) in [5.41, 5.74) is 7.87. The molecule has 1 aliphatic carbocycles. The van der Waals surface area contributed by atoms with Gasteiger partial charge in [0, 0.05) is 0 Å². The molecule has 0 saturated heterocycles. The molecule has 0 N–H and O–H groups in total. The number of carbonyl (C=O) groups excluding carboxylic acids is 2. The Morgan fingerprint density at radius 3 is 1.33 bits per heavy atom. The van der Waals surface area contributed by atoms with E-state index in [4.69, 9.17) is 18.9 Å². The Morgan fingerprint density at radius 2 is 0.974 bits per heavy atom. The van der Waals surface area contributed by atoms with Gasteiger partial charge in [-0.3, -0.25) is 0 Å². The summed E-state index contributed by atoms with van der Waals surface area (Å²) >= 11 is 0. The summed E-state index contributed by atoms with van der Waals surface area (Å²) in [5, 5.41) is 0. The second-order valence-corrected chi connectivity index (χ2v) is 9.66. The van der Waals surface area contributed by atoms with E-state index in [-0.39, 0.29) is 0 Å². The second-order valence-electron chi connectivity index (χ2n) is 9.66. The van der Waals surface area contributed by atoms with Crippen LogP contribution >= 0.6 is 0 Å². The Bertz CT molecular complexity index is 1500. The van der Waals surface area contributed by atoms with Crippen molar-refractivity contribution in [2.45, 2.75) is 19.3 Å². The van der Waals surface area contributed by atoms with E-state index in [1.165, 1.54) is 28.4 Å². The van der Waals surface area contributed by atoms with Crippen LogP contribution in [0.15, 0.2) is 72.8 Å². The van der Waals surface area contributed by atoms with Gasteiger partial charge < -0.3 is 18.9 Å². The highest BCUT2D eigenvalue weighted by molar-refractivity contribution is 5.95. The molecule has 1 aliphatic rings. The summed E-state index contributed by atoms with van der Waals surface area (Å²) in [6.45, 7) is 4.11. The quantitative estimate of drug-likeness (QED) is 0.245. The van der Waals surface area contributed by atoms with Crippen molar-refractivity contribution in [3.8, 4) is 22.6 Å². The largest absolute Gasteiger partial charge is 0.496 e. The predicted molar refractivity (Wildman–Crippen MR) is 149 cm³/mol. The number of esters is 2. The van der Waals surface area contributed by atoms with Crippen molar-refractivity contribution in [2.24, 2.45) is 0 Å². The first-order chi connectivity index (χ1) is 18.8. The molecule has 0 radical (unpaired) electrons. The summed E-state index contributed by atoms with van der Waals surface area (Å²) in [6.07, 6.45) is 0. The number of ether oxygens (including phenoxy) is 4. The number of hydrogen-bond donors (Lipinski definition) is 0. The molecule has 0 aliphatic heterocycles. The Kier molecular flexibility index (Phi) is 6.64. The van der Waals surface area contributed by atoms with E-state index in [2.05, 4.69) is 50.2 Å². The Labute approximate surface area is 228 Å². The molecule has 198 valence electrons. The van der Waals surface area contributed by atoms with E-state index in [0.29, 0.717) is 22.6 Å². The fraction of sp³-hybridized carbons (Fsp3) is 0.212. The highest BCUT2D eigenvalue weighted by atomic mass is 16.5. The van der Waals surface area contributed by atoms with Gasteiger partial charge >= 0.3 is 11.9 Å². The molecule has 39 heavy (non-hydrogen) atoms. The molecular weight excluding hydrogens is 492 g/mol. The van der Waals surface area contributed by atoms with Gasteiger partial charge in [-0.25, -0.2) is 9.59 Å². The summed E-state index contributed by atoms with van der Waals surface area (Å²) in [7, 11) is 5.75. The van der Waals surface area contributed by atoms with Crippen molar-refractivity contribution in [1.29, 1.82) is 0 Å². The lowest BCUT2D eigenvalue weighted by atomic mass is 9.66. The third-order valence-electron chi connectivity index (χ3n) is 7.52. The minimum Gasteiger partial charge on any atom is -0.496 e. The van der Waals surface area contributed by atoms with Crippen LogP contribution in [0.1, 0.15) is 54.1 Å². The van der Waals surface area contributed by atoms with Gasteiger partial charge in [-0.15, -0.1) is 0 Å². The molecule has 0 amide bonds. The van der Waals surface area contributed by atoms with Crippen LogP contribution in [0.4, 0.5) is 0 Å². The van der Waals surface area contributed by atoms with Crippen LogP contribution in [0, 0.1) is 13.8 Å². The van der Waals surface area contributed by atoms with Gasteiger partial charge in [0.05, 0.1) is 33.9 Å².